The molecule has 0 radical (unpaired) electrons. The lowest BCUT2D eigenvalue weighted by Gasteiger charge is -2.28. The number of aliphatic hydroxyl groups is 1. The lowest BCUT2D eigenvalue weighted by atomic mass is 10.1. The predicted molar refractivity (Wildman–Crippen MR) is 46.2 cm³/mol. The third kappa shape index (κ3) is 2.09. The van der Waals surface area contributed by atoms with Crippen molar-refractivity contribution in [1.82, 2.24) is 4.90 Å². The van der Waals surface area contributed by atoms with E-state index in [1.54, 1.807) is 27.5 Å². The Morgan fingerprint density at radius 3 is 2.80 bits per heavy atom. The molecular weight excluding hydrogens is 245 g/mol. The molecule has 1 N–H and O–H groups in total. The fourth-order valence-electron chi connectivity index (χ4n) is 1.11. The van der Waals surface area contributed by atoms with Crippen LogP contribution < -0.4 is 0 Å². The molecule has 1 heterocycles. The molecule has 1 rings (SSSR count). The van der Waals surface area contributed by atoms with Gasteiger partial charge in [-0.15, -0.1) is 0 Å². The van der Waals surface area contributed by atoms with Gasteiger partial charge >= 0.3 is 0 Å². The number of halogens is 1. The van der Waals surface area contributed by atoms with Crippen LogP contribution in [-0.2, 0) is 0 Å². The van der Waals surface area contributed by atoms with Gasteiger partial charge in [-0.3, -0.25) is 4.79 Å². The highest BCUT2D eigenvalue weighted by molar-refractivity contribution is 14.1. The molecule has 0 aromatic carbocycles. The van der Waals surface area contributed by atoms with Crippen molar-refractivity contribution in [2.24, 2.45) is 0 Å². The van der Waals surface area contributed by atoms with Crippen LogP contribution in [0.4, 0.5) is 4.79 Å². The molecule has 58 valence electrons. The van der Waals surface area contributed by atoms with Gasteiger partial charge in [0.15, 0.2) is 0 Å². The van der Waals surface area contributed by atoms with Crippen molar-refractivity contribution in [3.63, 3.8) is 0 Å². The molecule has 1 atom stereocenters. The van der Waals surface area contributed by atoms with E-state index >= 15 is 0 Å². The van der Waals surface area contributed by atoms with Crippen molar-refractivity contribution in [1.29, 1.82) is 0 Å². The highest BCUT2D eigenvalue weighted by atomic mass is 127. The molecule has 1 saturated heterocycles. The maximum absolute atomic E-state index is 10.7. The first-order valence-electron chi connectivity index (χ1n) is 3.32. The molecule has 3 nitrogen and oxygen atoms in total. The first-order valence-corrected chi connectivity index (χ1v) is 4.40. The summed E-state index contributed by atoms with van der Waals surface area (Å²) < 4.78 is 0.0383. The molecule has 0 aromatic rings. The van der Waals surface area contributed by atoms with E-state index in [9.17, 15) is 4.79 Å². The average Bonchev–Trinajstić information content (AvgIpc) is 1.88. The van der Waals surface area contributed by atoms with Crippen LogP contribution in [0.5, 0.6) is 0 Å². The highest BCUT2D eigenvalue weighted by Gasteiger charge is 2.19. The molecule has 0 aromatic heterocycles. The van der Waals surface area contributed by atoms with E-state index < -0.39 is 0 Å². The maximum Gasteiger partial charge on any atom is 0.283 e. The first-order chi connectivity index (χ1) is 4.70. The molecule has 4 heteroatoms. The number of aliphatic hydroxyl groups excluding tert-OH is 1. The van der Waals surface area contributed by atoms with Gasteiger partial charge in [0, 0.05) is 35.7 Å². The molecule has 1 unspecified atom stereocenters. The van der Waals surface area contributed by atoms with E-state index in [0.717, 1.165) is 19.4 Å². The second kappa shape index (κ2) is 3.52. The second-order valence-electron chi connectivity index (χ2n) is 2.50. The van der Waals surface area contributed by atoms with Crippen molar-refractivity contribution in [2.45, 2.75) is 18.9 Å². The minimum absolute atomic E-state index is 0.0383. The molecule has 1 fully saturated rings. The van der Waals surface area contributed by atoms with Crippen LogP contribution in [0.15, 0.2) is 0 Å². The Bertz CT molecular complexity index is 140. The summed E-state index contributed by atoms with van der Waals surface area (Å²) >= 11 is 1.75. The Morgan fingerprint density at radius 1 is 1.70 bits per heavy atom. The lowest BCUT2D eigenvalue weighted by molar-refractivity contribution is 0.0926. The van der Waals surface area contributed by atoms with Crippen molar-refractivity contribution in [2.75, 3.05) is 13.1 Å². The zero-order valence-electron chi connectivity index (χ0n) is 5.59. The number of carbonyl (C=O) groups is 1. The normalized spacial score (nSPS) is 26.6. The van der Waals surface area contributed by atoms with Crippen LogP contribution in [0.2, 0.25) is 0 Å². The van der Waals surface area contributed by atoms with Gasteiger partial charge in [0.05, 0.1) is 6.10 Å². The summed E-state index contributed by atoms with van der Waals surface area (Å²) in [5, 5.41) is 9.13. The molecule has 0 spiro atoms. The topological polar surface area (TPSA) is 40.5 Å². The molecule has 0 aliphatic carbocycles. The summed E-state index contributed by atoms with van der Waals surface area (Å²) in [4.78, 5) is 12.4. The van der Waals surface area contributed by atoms with E-state index in [0.29, 0.717) is 6.54 Å². The number of carbonyl (C=O) groups excluding carboxylic acids is 1. The summed E-state index contributed by atoms with van der Waals surface area (Å²) in [6.45, 7) is 1.32. The summed E-state index contributed by atoms with van der Waals surface area (Å²) in [5.41, 5.74) is 0. The summed E-state index contributed by atoms with van der Waals surface area (Å²) in [6.07, 6.45) is 1.46. The van der Waals surface area contributed by atoms with Crippen molar-refractivity contribution >= 4 is 26.5 Å². The quantitative estimate of drug-likeness (QED) is 0.398. The number of rotatable bonds is 0. The monoisotopic (exact) mass is 255 g/mol. The van der Waals surface area contributed by atoms with Crippen LogP contribution in [0, 0.1) is 0 Å². The zero-order chi connectivity index (χ0) is 7.56. The first kappa shape index (κ1) is 8.26. The molecular formula is C6H10INO2. The standard InChI is InChI=1S/C6H10INO2/c7-6(10)8-3-1-2-5(9)4-8/h5,9H,1-4H2. The van der Waals surface area contributed by atoms with E-state index in [2.05, 4.69) is 0 Å². The number of hydrogen-bond acceptors (Lipinski definition) is 2. The molecule has 0 saturated carbocycles. The van der Waals surface area contributed by atoms with Crippen molar-refractivity contribution in [3.8, 4) is 0 Å². The van der Waals surface area contributed by atoms with Crippen LogP contribution in [0.3, 0.4) is 0 Å². The zero-order valence-corrected chi connectivity index (χ0v) is 7.74. The van der Waals surface area contributed by atoms with E-state index in [-0.39, 0.29) is 10.0 Å². The number of amides is 1. The van der Waals surface area contributed by atoms with Gasteiger partial charge in [-0.25, -0.2) is 0 Å². The van der Waals surface area contributed by atoms with Gasteiger partial charge in [0.2, 0.25) is 0 Å². The number of hydrogen-bond donors (Lipinski definition) is 1. The smallest absolute Gasteiger partial charge is 0.283 e. The van der Waals surface area contributed by atoms with Crippen molar-refractivity contribution < 1.29 is 9.90 Å². The summed E-state index contributed by atoms with van der Waals surface area (Å²) in [5.74, 6) is 0. The number of β-amino-alcohol motifs (C(OH)–C–C–N with tert-alkyl or cyclic N) is 1. The average molecular weight is 255 g/mol. The fraction of sp³-hybridized carbons (Fsp3) is 0.833. The van der Waals surface area contributed by atoms with Gasteiger partial charge in [-0.2, -0.15) is 0 Å². The van der Waals surface area contributed by atoms with E-state index in [1.165, 1.54) is 0 Å². The Balaban J connectivity index is 2.39. The second-order valence-corrected chi connectivity index (χ2v) is 3.42. The highest BCUT2D eigenvalue weighted by Crippen LogP contribution is 2.12. The maximum atomic E-state index is 10.7. The van der Waals surface area contributed by atoms with E-state index in [1.807, 2.05) is 0 Å². The van der Waals surface area contributed by atoms with Crippen LogP contribution in [0.25, 0.3) is 0 Å². The van der Waals surface area contributed by atoms with Crippen LogP contribution in [0.1, 0.15) is 12.8 Å². The van der Waals surface area contributed by atoms with Gasteiger partial charge in [0.1, 0.15) is 0 Å². The Labute approximate surface area is 73.5 Å². The molecule has 1 aliphatic rings. The van der Waals surface area contributed by atoms with Gasteiger partial charge in [-0.1, -0.05) is 0 Å². The third-order valence-electron chi connectivity index (χ3n) is 1.65. The Morgan fingerprint density at radius 2 is 2.40 bits per heavy atom. The predicted octanol–water partition coefficient (Wildman–Crippen LogP) is 0.998. The fourth-order valence-corrected chi connectivity index (χ4v) is 1.55. The van der Waals surface area contributed by atoms with Crippen LogP contribution in [-0.4, -0.2) is 33.1 Å². The summed E-state index contributed by atoms with van der Waals surface area (Å²) in [6, 6.07) is 0. The van der Waals surface area contributed by atoms with Crippen LogP contribution >= 0.6 is 22.6 Å². The number of piperidine rings is 1. The number of likely N-dealkylation sites (tertiary alicyclic amines) is 1. The minimum Gasteiger partial charge on any atom is -0.391 e. The Hall–Kier alpha value is 0.160. The summed E-state index contributed by atoms with van der Waals surface area (Å²) in [7, 11) is 0. The van der Waals surface area contributed by atoms with Gasteiger partial charge in [-0.05, 0) is 12.8 Å². The number of nitrogens with zero attached hydrogens (tertiary/aromatic N) is 1. The SMILES string of the molecule is O=C(I)N1CCCC(O)C1. The largest absolute Gasteiger partial charge is 0.391 e. The Kier molecular flexibility index (Phi) is 2.91. The van der Waals surface area contributed by atoms with E-state index in [4.69, 9.17) is 5.11 Å². The van der Waals surface area contributed by atoms with Gasteiger partial charge < -0.3 is 10.0 Å². The molecule has 1 aliphatic heterocycles. The molecule has 10 heavy (non-hydrogen) atoms. The van der Waals surface area contributed by atoms with Crippen molar-refractivity contribution in [3.05, 3.63) is 0 Å². The van der Waals surface area contributed by atoms with Gasteiger partial charge in [0.25, 0.3) is 3.91 Å². The minimum atomic E-state index is -0.299. The molecule has 0 bridgehead atoms. The molecule has 1 amide bonds. The lowest BCUT2D eigenvalue weighted by Crippen LogP contribution is -2.39. The third-order valence-corrected chi connectivity index (χ3v) is 2.33.